The summed E-state index contributed by atoms with van der Waals surface area (Å²) in [6, 6.07) is 4.08. The predicted octanol–water partition coefficient (Wildman–Crippen LogP) is 3.61. The number of carboxylic acids is 1. The fourth-order valence-corrected chi connectivity index (χ4v) is 1.69. The molecule has 1 N–H and O–H groups in total. The number of carbonyl (C=O) groups is 1. The molecule has 1 aromatic carbocycles. The molecular weight excluding hydrogens is 291 g/mol. The van der Waals surface area contributed by atoms with E-state index in [1.54, 1.807) is 0 Å². The Morgan fingerprint density at radius 1 is 1.59 bits per heavy atom. The van der Waals surface area contributed by atoms with Crippen LogP contribution in [0.25, 0.3) is 0 Å². The first-order valence-electron chi connectivity index (χ1n) is 5.39. The second kappa shape index (κ2) is 6.59. The molecule has 0 radical (unpaired) electrons. The summed E-state index contributed by atoms with van der Waals surface area (Å²) in [5.41, 5.74) is 0. The number of ether oxygens (including phenoxy) is 1. The van der Waals surface area contributed by atoms with Gasteiger partial charge < -0.3 is 9.84 Å². The Labute approximate surface area is 108 Å². The number of halogens is 2. The van der Waals surface area contributed by atoms with Gasteiger partial charge in [-0.05, 0) is 47.0 Å². The van der Waals surface area contributed by atoms with E-state index in [0.717, 1.165) is 12.8 Å². The monoisotopic (exact) mass is 304 g/mol. The van der Waals surface area contributed by atoms with Crippen LogP contribution in [0.4, 0.5) is 4.39 Å². The number of aliphatic carboxylic acids is 1. The first-order valence-corrected chi connectivity index (χ1v) is 6.18. The molecule has 0 saturated carbocycles. The van der Waals surface area contributed by atoms with Crippen molar-refractivity contribution in [1.29, 1.82) is 0 Å². The van der Waals surface area contributed by atoms with E-state index in [2.05, 4.69) is 15.9 Å². The van der Waals surface area contributed by atoms with Crippen LogP contribution in [0.2, 0.25) is 0 Å². The molecule has 3 nitrogen and oxygen atoms in total. The molecule has 0 heterocycles. The van der Waals surface area contributed by atoms with Crippen molar-refractivity contribution in [2.24, 2.45) is 0 Å². The molecule has 1 atom stereocenters. The molecule has 94 valence electrons. The van der Waals surface area contributed by atoms with E-state index in [1.165, 1.54) is 18.2 Å². The molecule has 0 aliphatic rings. The lowest BCUT2D eigenvalue weighted by Crippen LogP contribution is -2.26. The largest absolute Gasteiger partial charge is 0.479 e. The molecule has 1 aromatic rings. The van der Waals surface area contributed by atoms with Gasteiger partial charge in [-0.1, -0.05) is 13.3 Å². The number of carboxylic acid groups (broad SMARTS) is 1. The number of unbranched alkanes of at least 4 members (excludes halogenated alkanes) is 1. The van der Waals surface area contributed by atoms with Gasteiger partial charge in [-0.2, -0.15) is 0 Å². The number of benzene rings is 1. The highest BCUT2D eigenvalue weighted by Crippen LogP contribution is 2.23. The van der Waals surface area contributed by atoms with Crippen LogP contribution in [0.15, 0.2) is 22.7 Å². The standard InChI is InChI=1S/C12H14BrFO3/c1-2-3-4-11(12(15)16)17-8-5-6-10(14)9(13)7-8/h5-7,11H,2-4H2,1H3,(H,15,16). The Kier molecular flexibility index (Phi) is 5.41. The highest BCUT2D eigenvalue weighted by Gasteiger charge is 2.18. The fraction of sp³-hybridized carbons (Fsp3) is 0.417. The molecular formula is C12H14BrFO3. The van der Waals surface area contributed by atoms with E-state index in [0.29, 0.717) is 12.2 Å². The number of hydrogen-bond acceptors (Lipinski definition) is 2. The average Bonchev–Trinajstić information content (AvgIpc) is 2.28. The number of hydrogen-bond donors (Lipinski definition) is 1. The van der Waals surface area contributed by atoms with Crippen molar-refractivity contribution in [2.75, 3.05) is 0 Å². The lowest BCUT2D eigenvalue weighted by molar-refractivity contribution is -0.145. The van der Waals surface area contributed by atoms with Crippen LogP contribution < -0.4 is 4.74 Å². The first kappa shape index (κ1) is 14.0. The summed E-state index contributed by atoms with van der Waals surface area (Å²) in [5.74, 6) is -1.06. The molecule has 0 aliphatic heterocycles. The molecule has 0 spiro atoms. The van der Waals surface area contributed by atoms with E-state index in [9.17, 15) is 9.18 Å². The zero-order valence-electron chi connectivity index (χ0n) is 9.45. The molecule has 0 amide bonds. The smallest absolute Gasteiger partial charge is 0.344 e. The molecule has 0 fully saturated rings. The Bertz CT molecular complexity index is 395. The minimum Gasteiger partial charge on any atom is -0.479 e. The highest BCUT2D eigenvalue weighted by molar-refractivity contribution is 9.10. The Morgan fingerprint density at radius 3 is 2.82 bits per heavy atom. The van der Waals surface area contributed by atoms with Gasteiger partial charge in [0, 0.05) is 0 Å². The van der Waals surface area contributed by atoms with Crippen LogP contribution in [0, 0.1) is 5.82 Å². The zero-order valence-corrected chi connectivity index (χ0v) is 11.0. The third kappa shape index (κ3) is 4.34. The van der Waals surface area contributed by atoms with Crippen molar-refractivity contribution in [3.05, 3.63) is 28.5 Å². The Balaban J connectivity index is 2.71. The van der Waals surface area contributed by atoms with Gasteiger partial charge in [0.2, 0.25) is 0 Å². The highest BCUT2D eigenvalue weighted by atomic mass is 79.9. The maximum Gasteiger partial charge on any atom is 0.344 e. The average molecular weight is 305 g/mol. The van der Waals surface area contributed by atoms with Crippen LogP contribution in [-0.4, -0.2) is 17.2 Å². The van der Waals surface area contributed by atoms with E-state index in [-0.39, 0.29) is 4.47 Å². The van der Waals surface area contributed by atoms with Gasteiger partial charge in [-0.25, -0.2) is 9.18 Å². The second-order valence-electron chi connectivity index (χ2n) is 3.66. The Hall–Kier alpha value is -1.10. The summed E-state index contributed by atoms with van der Waals surface area (Å²) in [5, 5.41) is 8.97. The molecule has 0 aromatic heterocycles. The van der Waals surface area contributed by atoms with Gasteiger partial charge >= 0.3 is 5.97 Å². The molecule has 0 aliphatic carbocycles. The topological polar surface area (TPSA) is 46.5 Å². The molecule has 1 unspecified atom stereocenters. The molecule has 17 heavy (non-hydrogen) atoms. The molecule has 0 saturated heterocycles. The SMILES string of the molecule is CCCCC(Oc1ccc(F)c(Br)c1)C(=O)O. The molecule has 0 bridgehead atoms. The maximum absolute atomic E-state index is 13.0. The van der Waals surface area contributed by atoms with Crippen molar-refractivity contribution in [1.82, 2.24) is 0 Å². The molecule has 5 heteroatoms. The van der Waals surface area contributed by atoms with Crippen LogP contribution in [0.1, 0.15) is 26.2 Å². The van der Waals surface area contributed by atoms with E-state index in [4.69, 9.17) is 9.84 Å². The summed E-state index contributed by atoms with van der Waals surface area (Å²) in [6.45, 7) is 1.98. The Morgan fingerprint density at radius 2 is 2.29 bits per heavy atom. The third-order valence-corrected chi connectivity index (χ3v) is 2.87. The summed E-state index contributed by atoms with van der Waals surface area (Å²) < 4.78 is 18.6. The summed E-state index contributed by atoms with van der Waals surface area (Å²) in [7, 11) is 0. The summed E-state index contributed by atoms with van der Waals surface area (Å²) in [6.07, 6.45) is 1.24. The summed E-state index contributed by atoms with van der Waals surface area (Å²) >= 11 is 3.02. The fourth-order valence-electron chi connectivity index (χ4n) is 1.34. The van der Waals surface area contributed by atoms with Gasteiger partial charge in [0.25, 0.3) is 0 Å². The molecule has 1 rings (SSSR count). The van der Waals surface area contributed by atoms with E-state index < -0.39 is 17.9 Å². The minimum atomic E-state index is -1.00. The lowest BCUT2D eigenvalue weighted by Gasteiger charge is -2.14. The van der Waals surface area contributed by atoms with Crippen LogP contribution in [0.3, 0.4) is 0 Å². The van der Waals surface area contributed by atoms with Crippen LogP contribution >= 0.6 is 15.9 Å². The van der Waals surface area contributed by atoms with Crippen LogP contribution in [-0.2, 0) is 4.79 Å². The van der Waals surface area contributed by atoms with Crippen molar-refractivity contribution in [2.45, 2.75) is 32.3 Å². The van der Waals surface area contributed by atoms with Gasteiger partial charge in [0.1, 0.15) is 11.6 Å². The number of rotatable bonds is 6. The van der Waals surface area contributed by atoms with Gasteiger partial charge in [-0.3, -0.25) is 0 Å². The quantitative estimate of drug-likeness (QED) is 0.873. The summed E-state index contributed by atoms with van der Waals surface area (Å²) in [4.78, 5) is 11.0. The van der Waals surface area contributed by atoms with Gasteiger partial charge in [0.15, 0.2) is 6.10 Å². The lowest BCUT2D eigenvalue weighted by atomic mass is 10.1. The van der Waals surface area contributed by atoms with Crippen molar-refractivity contribution in [3.63, 3.8) is 0 Å². The predicted molar refractivity (Wildman–Crippen MR) is 65.7 cm³/mol. The first-order chi connectivity index (χ1) is 8.04. The normalized spacial score (nSPS) is 12.2. The minimum absolute atomic E-state index is 0.259. The van der Waals surface area contributed by atoms with E-state index in [1.807, 2.05) is 6.92 Å². The van der Waals surface area contributed by atoms with Crippen LogP contribution in [0.5, 0.6) is 5.75 Å². The zero-order chi connectivity index (χ0) is 12.8. The van der Waals surface area contributed by atoms with E-state index >= 15 is 0 Å². The van der Waals surface area contributed by atoms with Crippen molar-refractivity contribution in [3.8, 4) is 5.75 Å². The van der Waals surface area contributed by atoms with Gasteiger partial charge in [0.05, 0.1) is 4.47 Å². The second-order valence-corrected chi connectivity index (χ2v) is 4.52. The van der Waals surface area contributed by atoms with Crippen molar-refractivity contribution >= 4 is 21.9 Å². The van der Waals surface area contributed by atoms with Gasteiger partial charge in [-0.15, -0.1) is 0 Å². The maximum atomic E-state index is 13.0. The van der Waals surface area contributed by atoms with Crippen molar-refractivity contribution < 1.29 is 19.0 Å². The third-order valence-electron chi connectivity index (χ3n) is 2.26.